The van der Waals surface area contributed by atoms with Crippen molar-refractivity contribution in [2.45, 2.75) is 13.0 Å². The number of carbonyl (C=O) groups excluding carboxylic acids is 1. The third-order valence-corrected chi connectivity index (χ3v) is 7.01. The molecule has 0 bridgehead atoms. The fourth-order valence-corrected chi connectivity index (χ4v) is 5.54. The van der Waals surface area contributed by atoms with E-state index in [9.17, 15) is 14.7 Å². The predicted molar refractivity (Wildman–Crippen MR) is 129 cm³/mol. The molecule has 0 saturated heterocycles. The van der Waals surface area contributed by atoms with E-state index in [2.05, 4.69) is 4.98 Å². The molecule has 0 radical (unpaired) electrons. The van der Waals surface area contributed by atoms with Crippen molar-refractivity contribution in [1.82, 2.24) is 4.98 Å². The topological polar surface area (TPSA) is 83.6 Å². The van der Waals surface area contributed by atoms with E-state index in [0.717, 1.165) is 15.8 Å². The predicted octanol–water partition coefficient (Wildman–Crippen LogP) is 5.82. The van der Waals surface area contributed by atoms with Crippen molar-refractivity contribution in [3.8, 4) is 5.75 Å². The minimum Gasteiger partial charge on any atom is -0.508 e. The zero-order chi connectivity index (χ0) is 22.9. The summed E-state index contributed by atoms with van der Waals surface area (Å²) >= 11 is 7.49. The smallest absolute Gasteiger partial charge is 0.297 e. The molecule has 1 aliphatic rings. The molecule has 1 aliphatic heterocycles. The zero-order valence-electron chi connectivity index (χ0n) is 17.2. The standard InChI is InChI=1S/C25H15ClN2O4S/c1-12-5-7-17-19(9-12)33-25(27-17)28-21(13-3-2-4-15(29)10-13)20-22(30)16-11-14(26)6-8-18(16)32-23(20)24(28)31/h2-11,21,29H,1H3/t21-/m0/s1. The van der Waals surface area contributed by atoms with Crippen molar-refractivity contribution < 1.29 is 14.3 Å². The summed E-state index contributed by atoms with van der Waals surface area (Å²) in [6.07, 6.45) is 0. The molecular weight excluding hydrogens is 460 g/mol. The number of rotatable bonds is 2. The van der Waals surface area contributed by atoms with Gasteiger partial charge in [-0.1, -0.05) is 41.1 Å². The molecule has 1 N–H and O–H groups in total. The molecule has 6 rings (SSSR count). The minimum atomic E-state index is -0.805. The Balaban J connectivity index is 1.65. The fraction of sp³-hybridized carbons (Fsp3) is 0.0800. The molecule has 6 nitrogen and oxygen atoms in total. The number of thiazole rings is 1. The molecule has 3 aromatic carbocycles. The number of carbonyl (C=O) groups is 1. The van der Waals surface area contributed by atoms with Gasteiger partial charge in [0.05, 0.1) is 27.2 Å². The van der Waals surface area contributed by atoms with Crippen LogP contribution in [0.1, 0.15) is 33.3 Å². The Labute approximate surface area is 196 Å². The normalized spacial score (nSPS) is 15.5. The van der Waals surface area contributed by atoms with Gasteiger partial charge in [0.25, 0.3) is 5.91 Å². The lowest BCUT2D eigenvalue weighted by atomic mass is 9.98. The first-order valence-corrected chi connectivity index (χ1v) is 11.4. The van der Waals surface area contributed by atoms with E-state index in [1.165, 1.54) is 28.4 Å². The summed E-state index contributed by atoms with van der Waals surface area (Å²) in [4.78, 5) is 33.4. The van der Waals surface area contributed by atoms with Crippen molar-refractivity contribution in [3.05, 3.63) is 98.4 Å². The number of fused-ring (bicyclic) bond motifs is 3. The maximum Gasteiger partial charge on any atom is 0.297 e. The van der Waals surface area contributed by atoms with Gasteiger partial charge in [-0.15, -0.1) is 0 Å². The van der Waals surface area contributed by atoms with Crippen LogP contribution in [0.5, 0.6) is 5.75 Å². The summed E-state index contributed by atoms with van der Waals surface area (Å²) in [6.45, 7) is 1.99. The van der Waals surface area contributed by atoms with Crippen molar-refractivity contribution in [3.63, 3.8) is 0 Å². The number of nitrogens with zero attached hydrogens (tertiary/aromatic N) is 2. The highest BCUT2D eigenvalue weighted by Crippen LogP contribution is 2.44. The van der Waals surface area contributed by atoms with E-state index < -0.39 is 11.9 Å². The summed E-state index contributed by atoms with van der Waals surface area (Å²) in [5, 5.41) is 11.3. The highest BCUT2D eigenvalue weighted by atomic mass is 35.5. The van der Waals surface area contributed by atoms with E-state index >= 15 is 0 Å². The molecule has 3 heterocycles. The number of phenolic OH excluding ortho intramolecular Hbond substituents is 1. The van der Waals surface area contributed by atoms with E-state index in [1.807, 2.05) is 25.1 Å². The lowest BCUT2D eigenvalue weighted by Crippen LogP contribution is -2.29. The molecule has 5 aromatic rings. The van der Waals surface area contributed by atoms with Gasteiger partial charge in [0, 0.05) is 5.02 Å². The molecule has 8 heteroatoms. The molecule has 0 unspecified atom stereocenters. The Morgan fingerprint density at radius 2 is 1.94 bits per heavy atom. The Hall–Kier alpha value is -3.68. The van der Waals surface area contributed by atoms with Gasteiger partial charge in [-0.05, 0) is 60.5 Å². The van der Waals surface area contributed by atoms with E-state index in [-0.39, 0.29) is 28.1 Å². The van der Waals surface area contributed by atoms with Gasteiger partial charge in [-0.2, -0.15) is 0 Å². The van der Waals surface area contributed by atoms with E-state index in [4.69, 9.17) is 16.0 Å². The van der Waals surface area contributed by atoms with Crippen LogP contribution in [0.25, 0.3) is 21.2 Å². The second-order valence-electron chi connectivity index (χ2n) is 7.95. The van der Waals surface area contributed by atoms with Gasteiger partial charge in [0.1, 0.15) is 11.3 Å². The number of phenols is 1. The Kier molecular flexibility index (Phi) is 4.33. The van der Waals surface area contributed by atoms with Gasteiger partial charge in [0.2, 0.25) is 5.76 Å². The average Bonchev–Trinajstić information content (AvgIpc) is 3.32. The molecule has 162 valence electrons. The number of aryl methyl sites for hydroxylation is 1. The van der Waals surface area contributed by atoms with E-state index in [0.29, 0.717) is 21.1 Å². The van der Waals surface area contributed by atoms with Crippen LogP contribution in [0.2, 0.25) is 5.02 Å². The third-order valence-electron chi connectivity index (χ3n) is 5.76. The van der Waals surface area contributed by atoms with Crippen molar-refractivity contribution in [2.24, 2.45) is 0 Å². The lowest BCUT2D eigenvalue weighted by Gasteiger charge is -2.22. The largest absolute Gasteiger partial charge is 0.508 e. The first-order chi connectivity index (χ1) is 15.9. The van der Waals surface area contributed by atoms with Gasteiger partial charge in [-0.3, -0.25) is 14.5 Å². The van der Waals surface area contributed by atoms with Crippen LogP contribution in [0.3, 0.4) is 0 Å². The summed E-state index contributed by atoms with van der Waals surface area (Å²) < 4.78 is 6.87. The number of hydrogen-bond donors (Lipinski definition) is 1. The Morgan fingerprint density at radius 1 is 1.09 bits per heavy atom. The monoisotopic (exact) mass is 474 g/mol. The molecular formula is C25H15ClN2O4S. The van der Waals surface area contributed by atoms with Crippen LogP contribution in [0.4, 0.5) is 5.13 Å². The molecule has 1 amide bonds. The summed E-state index contributed by atoms with van der Waals surface area (Å²) in [7, 11) is 0. The van der Waals surface area contributed by atoms with Crippen LogP contribution in [0.15, 0.2) is 69.9 Å². The molecule has 0 fully saturated rings. The van der Waals surface area contributed by atoms with Gasteiger partial charge < -0.3 is 9.52 Å². The van der Waals surface area contributed by atoms with Crippen LogP contribution in [-0.2, 0) is 0 Å². The van der Waals surface area contributed by atoms with Gasteiger partial charge in [-0.25, -0.2) is 4.98 Å². The quantitative estimate of drug-likeness (QED) is 0.348. The van der Waals surface area contributed by atoms with Gasteiger partial charge >= 0.3 is 0 Å². The highest BCUT2D eigenvalue weighted by molar-refractivity contribution is 7.22. The van der Waals surface area contributed by atoms with Crippen LogP contribution in [-0.4, -0.2) is 16.0 Å². The SMILES string of the molecule is Cc1ccc2nc(N3C(=O)c4oc5ccc(Cl)cc5c(=O)c4[C@@H]3c3cccc(O)c3)sc2c1. The summed E-state index contributed by atoms with van der Waals surface area (Å²) in [5.41, 5.74) is 2.57. The Morgan fingerprint density at radius 3 is 2.76 bits per heavy atom. The van der Waals surface area contributed by atoms with Crippen LogP contribution in [0, 0.1) is 6.92 Å². The van der Waals surface area contributed by atoms with Crippen molar-refractivity contribution in [1.29, 1.82) is 0 Å². The maximum absolute atomic E-state index is 13.6. The summed E-state index contributed by atoms with van der Waals surface area (Å²) in [6, 6.07) is 16.3. The third kappa shape index (κ3) is 3.04. The number of hydrogen-bond acceptors (Lipinski definition) is 6. The molecule has 2 aromatic heterocycles. The number of halogens is 1. The number of benzene rings is 3. The maximum atomic E-state index is 13.6. The van der Waals surface area contributed by atoms with Gasteiger partial charge in [0.15, 0.2) is 10.6 Å². The second-order valence-corrected chi connectivity index (χ2v) is 9.40. The number of anilines is 1. The zero-order valence-corrected chi connectivity index (χ0v) is 18.8. The summed E-state index contributed by atoms with van der Waals surface area (Å²) in [5.74, 6) is -0.455. The van der Waals surface area contributed by atoms with Crippen molar-refractivity contribution >= 4 is 55.2 Å². The number of aromatic hydroxyl groups is 1. The number of aromatic nitrogens is 1. The molecule has 33 heavy (non-hydrogen) atoms. The van der Waals surface area contributed by atoms with Crippen LogP contribution < -0.4 is 10.3 Å². The van der Waals surface area contributed by atoms with Crippen molar-refractivity contribution in [2.75, 3.05) is 4.90 Å². The highest BCUT2D eigenvalue weighted by Gasteiger charge is 2.45. The Bertz CT molecular complexity index is 1670. The van der Waals surface area contributed by atoms with Crippen LogP contribution >= 0.6 is 22.9 Å². The molecule has 1 atom stereocenters. The second kappa shape index (κ2) is 7.16. The fourth-order valence-electron chi connectivity index (χ4n) is 4.28. The molecule has 0 saturated carbocycles. The lowest BCUT2D eigenvalue weighted by molar-refractivity contribution is 0.0971. The minimum absolute atomic E-state index is 0.0291. The first-order valence-electron chi connectivity index (χ1n) is 10.2. The van der Waals surface area contributed by atoms with E-state index in [1.54, 1.807) is 30.3 Å². The molecule has 0 spiro atoms. The molecule has 0 aliphatic carbocycles. The first kappa shape index (κ1) is 20.0. The average molecular weight is 475 g/mol. The number of amides is 1.